The van der Waals surface area contributed by atoms with Gasteiger partial charge in [0, 0.05) is 29.3 Å². The molecule has 1 saturated carbocycles. The third-order valence-corrected chi connectivity index (χ3v) is 8.10. The van der Waals surface area contributed by atoms with Gasteiger partial charge in [0.25, 0.3) is 0 Å². The van der Waals surface area contributed by atoms with Crippen LogP contribution in [-0.4, -0.2) is 36.3 Å². The number of hydrogen-bond donors (Lipinski definition) is 3. The van der Waals surface area contributed by atoms with Crippen LogP contribution in [0.5, 0.6) is 23.0 Å². The van der Waals surface area contributed by atoms with Gasteiger partial charge < -0.3 is 25.3 Å². The SMILES string of the molecule is COc1cc2c(Oc3ccc(C4CC4(C(N)=O)C(=O)Nc4ccc(F)cc4)cc3F)ccnc2cc1OCCCCCCS. The monoisotopic (exact) mass is 621 g/mol. The van der Waals surface area contributed by atoms with Gasteiger partial charge in [-0.3, -0.25) is 14.6 Å². The smallest absolute Gasteiger partial charge is 0.240 e. The van der Waals surface area contributed by atoms with Gasteiger partial charge in [-0.05, 0) is 79.1 Å². The molecule has 0 saturated heterocycles. The van der Waals surface area contributed by atoms with Crippen LogP contribution in [0, 0.1) is 17.0 Å². The number of thiol groups is 1. The summed E-state index contributed by atoms with van der Waals surface area (Å²) in [5.74, 6) is -0.992. The summed E-state index contributed by atoms with van der Waals surface area (Å²) in [6.07, 6.45) is 5.79. The Hall–Kier alpha value is -4.38. The van der Waals surface area contributed by atoms with Gasteiger partial charge in [-0.1, -0.05) is 18.9 Å². The summed E-state index contributed by atoms with van der Waals surface area (Å²) in [7, 11) is 1.54. The molecule has 5 rings (SSSR count). The summed E-state index contributed by atoms with van der Waals surface area (Å²) in [5, 5.41) is 3.21. The number of unbranched alkanes of at least 4 members (excludes halogenated alkanes) is 3. The van der Waals surface area contributed by atoms with Crippen molar-refractivity contribution in [3.05, 3.63) is 84.1 Å². The molecule has 230 valence electrons. The average molecular weight is 622 g/mol. The predicted octanol–water partition coefficient (Wildman–Crippen LogP) is 6.78. The van der Waals surface area contributed by atoms with E-state index in [0.29, 0.717) is 46.0 Å². The Morgan fingerprint density at radius 3 is 2.45 bits per heavy atom. The summed E-state index contributed by atoms with van der Waals surface area (Å²) in [5.41, 5.74) is 5.42. The number of halogens is 2. The molecule has 44 heavy (non-hydrogen) atoms. The van der Waals surface area contributed by atoms with E-state index < -0.39 is 34.8 Å². The van der Waals surface area contributed by atoms with Crippen LogP contribution in [0.3, 0.4) is 0 Å². The van der Waals surface area contributed by atoms with Crippen LogP contribution in [0.2, 0.25) is 0 Å². The van der Waals surface area contributed by atoms with E-state index in [0.717, 1.165) is 31.4 Å². The standard InChI is InChI=1S/C33H33F2N3O5S/c1-41-29-17-23-26(18-30(29)42-14-4-2-3-5-15-44)37-13-12-27(23)43-28-11-6-20(16-25(28)35)24-19-33(24,31(36)39)32(40)38-22-9-7-21(34)8-10-22/h6-13,16-18,24,44H,2-5,14-15,19H2,1H3,(H2,36,39)(H,38,40). The van der Waals surface area contributed by atoms with Crippen molar-refractivity contribution in [3.8, 4) is 23.0 Å². The lowest BCUT2D eigenvalue weighted by molar-refractivity contribution is -0.132. The minimum absolute atomic E-state index is 0.0529. The van der Waals surface area contributed by atoms with E-state index in [4.69, 9.17) is 19.9 Å². The number of aromatic nitrogens is 1. The van der Waals surface area contributed by atoms with E-state index in [2.05, 4.69) is 22.9 Å². The summed E-state index contributed by atoms with van der Waals surface area (Å²) in [4.78, 5) is 29.9. The molecule has 2 atom stereocenters. The second-order valence-corrected chi connectivity index (χ2v) is 11.1. The predicted molar refractivity (Wildman–Crippen MR) is 167 cm³/mol. The lowest BCUT2D eigenvalue weighted by atomic mass is 9.96. The van der Waals surface area contributed by atoms with Crippen LogP contribution in [0.15, 0.2) is 66.9 Å². The Morgan fingerprint density at radius 1 is 0.977 bits per heavy atom. The first kappa shape index (κ1) is 31.1. The molecule has 0 spiro atoms. The van der Waals surface area contributed by atoms with Crippen LogP contribution in [0.4, 0.5) is 14.5 Å². The molecule has 1 aliphatic carbocycles. The fourth-order valence-corrected chi connectivity index (χ4v) is 5.47. The number of pyridine rings is 1. The first-order valence-corrected chi connectivity index (χ1v) is 14.9. The molecule has 8 nitrogen and oxygen atoms in total. The Balaban J connectivity index is 1.31. The molecule has 2 amide bonds. The summed E-state index contributed by atoms with van der Waals surface area (Å²) in [6, 6.07) is 14.6. The minimum atomic E-state index is -1.55. The zero-order chi connectivity index (χ0) is 31.3. The maximum Gasteiger partial charge on any atom is 0.240 e. The van der Waals surface area contributed by atoms with Gasteiger partial charge in [-0.25, -0.2) is 8.78 Å². The van der Waals surface area contributed by atoms with E-state index in [1.165, 1.54) is 36.4 Å². The van der Waals surface area contributed by atoms with Crippen molar-refractivity contribution in [2.75, 3.05) is 24.8 Å². The first-order chi connectivity index (χ1) is 21.3. The van der Waals surface area contributed by atoms with Crippen molar-refractivity contribution >= 4 is 41.0 Å². The van der Waals surface area contributed by atoms with Crippen molar-refractivity contribution < 1.29 is 32.6 Å². The molecule has 3 aromatic carbocycles. The maximum absolute atomic E-state index is 15.4. The van der Waals surface area contributed by atoms with Gasteiger partial charge in [0.2, 0.25) is 11.8 Å². The molecule has 3 N–H and O–H groups in total. The second kappa shape index (κ2) is 13.5. The zero-order valence-electron chi connectivity index (χ0n) is 24.1. The molecule has 4 aromatic rings. The lowest BCUT2D eigenvalue weighted by Gasteiger charge is -2.16. The van der Waals surface area contributed by atoms with Crippen molar-refractivity contribution in [2.24, 2.45) is 11.1 Å². The van der Waals surface area contributed by atoms with E-state index >= 15 is 4.39 Å². The number of anilines is 1. The number of benzene rings is 3. The highest BCUT2D eigenvalue weighted by Gasteiger charge is 2.65. The molecule has 1 aromatic heterocycles. The molecule has 0 bridgehead atoms. The number of carbonyl (C=O) groups is 2. The van der Waals surface area contributed by atoms with Gasteiger partial charge in [0.05, 0.1) is 19.2 Å². The van der Waals surface area contributed by atoms with Gasteiger partial charge in [-0.15, -0.1) is 0 Å². The molecular weight excluding hydrogens is 588 g/mol. The summed E-state index contributed by atoms with van der Waals surface area (Å²) in [6.45, 7) is 0.536. The number of nitrogens with two attached hydrogens (primary N) is 1. The lowest BCUT2D eigenvalue weighted by Crippen LogP contribution is -2.37. The van der Waals surface area contributed by atoms with Gasteiger partial charge in [0.1, 0.15) is 17.0 Å². The van der Waals surface area contributed by atoms with Crippen LogP contribution in [0.1, 0.15) is 43.6 Å². The van der Waals surface area contributed by atoms with Crippen LogP contribution < -0.4 is 25.3 Å². The highest BCUT2D eigenvalue weighted by Crippen LogP contribution is 2.60. The molecular formula is C33H33F2N3O5S. The molecule has 0 aliphatic heterocycles. The van der Waals surface area contributed by atoms with Gasteiger partial charge >= 0.3 is 0 Å². The number of nitrogens with zero attached hydrogens (tertiary/aromatic N) is 1. The second-order valence-electron chi connectivity index (χ2n) is 10.7. The topological polar surface area (TPSA) is 113 Å². The van der Waals surface area contributed by atoms with Crippen molar-refractivity contribution in [3.63, 3.8) is 0 Å². The minimum Gasteiger partial charge on any atom is -0.493 e. The number of hydrogen-bond acceptors (Lipinski definition) is 7. The van der Waals surface area contributed by atoms with Crippen LogP contribution in [-0.2, 0) is 9.59 Å². The highest BCUT2D eigenvalue weighted by atomic mass is 32.1. The van der Waals surface area contributed by atoms with Crippen LogP contribution >= 0.6 is 12.6 Å². The zero-order valence-corrected chi connectivity index (χ0v) is 25.0. The number of amides is 2. The first-order valence-electron chi connectivity index (χ1n) is 14.3. The number of fused-ring (bicyclic) bond motifs is 1. The molecule has 11 heteroatoms. The third kappa shape index (κ3) is 6.57. The summed E-state index contributed by atoms with van der Waals surface area (Å²) >= 11 is 4.24. The molecule has 1 heterocycles. The number of carbonyl (C=O) groups excluding carboxylic acids is 2. The third-order valence-electron chi connectivity index (χ3n) is 7.78. The number of rotatable bonds is 14. The quantitative estimate of drug-likeness (QED) is 0.0813. The Morgan fingerprint density at radius 2 is 1.75 bits per heavy atom. The van der Waals surface area contributed by atoms with E-state index in [1.54, 1.807) is 37.6 Å². The Labute approximate surface area is 259 Å². The maximum atomic E-state index is 15.4. The van der Waals surface area contributed by atoms with Crippen LogP contribution in [0.25, 0.3) is 10.9 Å². The van der Waals surface area contributed by atoms with Crippen molar-refractivity contribution in [1.82, 2.24) is 4.98 Å². The number of ether oxygens (including phenoxy) is 3. The number of nitrogens with one attached hydrogen (secondary N) is 1. The fourth-order valence-electron chi connectivity index (χ4n) is 5.25. The Kier molecular flexibility index (Phi) is 9.53. The highest BCUT2D eigenvalue weighted by molar-refractivity contribution is 7.80. The van der Waals surface area contributed by atoms with E-state index in [9.17, 15) is 14.0 Å². The van der Waals surface area contributed by atoms with E-state index in [1.807, 2.05) is 0 Å². The summed E-state index contributed by atoms with van der Waals surface area (Å²) < 4.78 is 46.1. The number of primary amides is 1. The van der Waals surface area contributed by atoms with Crippen molar-refractivity contribution in [1.29, 1.82) is 0 Å². The Bertz CT molecular complexity index is 1670. The fraction of sp³-hybridized carbons (Fsp3) is 0.303. The molecule has 2 unspecified atom stereocenters. The van der Waals surface area contributed by atoms with Crippen molar-refractivity contribution in [2.45, 2.75) is 38.0 Å². The number of methoxy groups -OCH3 is 1. The molecule has 1 fully saturated rings. The largest absolute Gasteiger partial charge is 0.493 e. The normalized spacial score (nSPS) is 17.2. The van der Waals surface area contributed by atoms with Gasteiger partial charge in [-0.2, -0.15) is 12.6 Å². The average Bonchev–Trinajstić information content (AvgIpc) is 3.78. The van der Waals surface area contributed by atoms with Gasteiger partial charge in [0.15, 0.2) is 23.1 Å². The molecule has 0 radical (unpaired) electrons. The van der Waals surface area contributed by atoms with E-state index in [-0.39, 0.29) is 12.2 Å². The molecule has 1 aliphatic rings.